The maximum atomic E-state index is 3.97. The standard InChI is InChI=1S/C5H4N2S/c1-2-4-5(3-1)8-7-6-4/h1-3,7H. The summed E-state index contributed by atoms with van der Waals surface area (Å²) in [5.41, 5.74) is 1.06. The smallest absolute Gasteiger partial charge is 0.103 e. The molecule has 0 saturated heterocycles. The third-order valence-electron chi connectivity index (χ3n) is 1.08. The highest BCUT2D eigenvalue weighted by Gasteiger charge is 2.01. The highest BCUT2D eigenvalue weighted by atomic mass is 32.1. The molecular weight excluding hydrogens is 120 g/mol. The van der Waals surface area contributed by atoms with Crippen LogP contribution in [-0.2, 0) is 0 Å². The molecule has 40 valence electrons. The molecule has 0 aromatic rings. The first-order chi connectivity index (χ1) is 3.97. The molecule has 2 aliphatic rings. The van der Waals surface area contributed by atoms with E-state index >= 15 is 0 Å². The van der Waals surface area contributed by atoms with Crippen LogP contribution >= 0.6 is 11.5 Å². The number of nitrogens with one attached hydrogen (secondary N) is 1. The lowest BCUT2D eigenvalue weighted by molar-refractivity contribution is 1.17. The van der Waals surface area contributed by atoms with Crippen LogP contribution in [0.25, 0.3) is 10.6 Å². The lowest BCUT2D eigenvalue weighted by Crippen LogP contribution is -1.62. The van der Waals surface area contributed by atoms with Crippen molar-refractivity contribution in [3.8, 4) is 10.6 Å². The second-order valence-electron chi connectivity index (χ2n) is 1.58. The Bertz CT molecular complexity index is 202. The van der Waals surface area contributed by atoms with Crippen LogP contribution in [0.5, 0.6) is 0 Å². The number of fused-ring (bicyclic) bond motifs is 1. The first-order valence-corrected chi connectivity index (χ1v) is 3.17. The minimum atomic E-state index is 1.06. The van der Waals surface area contributed by atoms with Gasteiger partial charge < -0.3 is 0 Å². The molecule has 0 unspecified atom stereocenters. The van der Waals surface area contributed by atoms with Gasteiger partial charge in [0.2, 0.25) is 0 Å². The Kier molecular flexibility index (Phi) is 0.676. The molecule has 0 radical (unpaired) electrons. The Hall–Kier alpha value is -0.830. The van der Waals surface area contributed by atoms with Gasteiger partial charge in [0.15, 0.2) is 0 Å². The van der Waals surface area contributed by atoms with E-state index < -0.39 is 0 Å². The summed E-state index contributed by atoms with van der Waals surface area (Å²) < 4.78 is 2.81. The molecule has 0 aromatic carbocycles. The molecule has 0 saturated carbocycles. The van der Waals surface area contributed by atoms with Crippen LogP contribution in [-0.4, -0.2) is 9.59 Å². The summed E-state index contributed by atoms with van der Waals surface area (Å²) in [5.74, 6) is 0. The molecule has 2 rings (SSSR count). The van der Waals surface area contributed by atoms with E-state index in [0.29, 0.717) is 0 Å². The average molecular weight is 124 g/mol. The van der Waals surface area contributed by atoms with Crippen LogP contribution in [0, 0.1) is 0 Å². The van der Waals surface area contributed by atoms with Crippen molar-refractivity contribution in [2.24, 2.45) is 0 Å². The fraction of sp³-hybridized carbons (Fsp3) is 0. The Balaban J connectivity index is 2.84. The highest BCUT2D eigenvalue weighted by Crippen LogP contribution is 2.22. The minimum Gasteiger partial charge on any atom is -0.231 e. The predicted molar refractivity (Wildman–Crippen MR) is 33.1 cm³/mol. The van der Waals surface area contributed by atoms with Gasteiger partial charge in [-0.3, -0.25) is 0 Å². The maximum Gasteiger partial charge on any atom is 0.103 e. The quantitative estimate of drug-likeness (QED) is 0.567. The van der Waals surface area contributed by atoms with Crippen LogP contribution in [0.15, 0.2) is 18.2 Å². The molecule has 1 heterocycles. The summed E-state index contributed by atoms with van der Waals surface area (Å²) >= 11 is 1.56. The molecule has 0 spiro atoms. The molecule has 0 atom stereocenters. The monoisotopic (exact) mass is 124 g/mol. The lowest BCUT2D eigenvalue weighted by atomic mass is 10.5. The van der Waals surface area contributed by atoms with Crippen molar-refractivity contribution in [1.82, 2.24) is 9.59 Å². The van der Waals surface area contributed by atoms with Crippen molar-refractivity contribution >= 4 is 11.5 Å². The van der Waals surface area contributed by atoms with Gasteiger partial charge in [-0.05, 0) is 23.7 Å². The summed E-state index contributed by atoms with van der Waals surface area (Å²) in [4.78, 5) is 1.23. The van der Waals surface area contributed by atoms with Crippen LogP contribution in [0.4, 0.5) is 0 Å². The van der Waals surface area contributed by atoms with Crippen LogP contribution in [0.1, 0.15) is 0 Å². The second kappa shape index (κ2) is 1.32. The number of aromatic nitrogens is 2. The number of hydrogen-bond acceptors (Lipinski definition) is 2. The predicted octanol–water partition coefficient (Wildman–Crippen LogP) is 1.58. The van der Waals surface area contributed by atoms with Crippen molar-refractivity contribution in [3.63, 3.8) is 0 Å². The molecule has 1 aliphatic carbocycles. The van der Waals surface area contributed by atoms with Gasteiger partial charge in [-0.1, -0.05) is 6.07 Å². The number of aromatic amines is 1. The first-order valence-electron chi connectivity index (χ1n) is 2.35. The molecule has 0 amide bonds. The molecule has 3 heteroatoms. The van der Waals surface area contributed by atoms with Crippen molar-refractivity contribution in [3.05, 3.63) is 18.2 Å². The van der Waals surface area contributed by atoms with E-state index in [2.05, 4.69) is 9.59 Å². The first kappa shape index (κ1) is 4.09. The van der Waals surface area contributed by atoms with Gasteiger partial charge in [-0.15, -0.1) is 0 Å². The Morgan fingerprint density at radius 3 is 3.38 bits per heavy atom. The van der Waals surface area contributed by atoms with Crippen molar-refractivity contribution in [2.45, 2.75) is 0 Å². The average Bonchev–Trinajstić information content (AvgIpc) is 2.15. The van der Waals surface area contributed by atoms with Gasteiger partial charge in [-0.2, -0.15) is 5.10 Å². The Labute approximate surface area is 50.6 Å². The number of nitrogens with zero attached hydrogens (tertiary/aromatic N) is 1. The summed E-state index contributed by atoms with van der Waals surface area (Å²) in [6.07, 6.45) is 0. The van der Waals surface area contributed by atoms with E-state index in [-0.39, 0.29) is 0 Å². The van der Waals surface area contributed by atoms with E-state index in [9.17, 15) is 0 Å². The van der Waals surface area contributed by atoms with Crippen molar-refractivity contribution in [2.75, 3.05) is 0 Å². The maximum absolute atomic E-state index is 3.97. The third-order valence-corrected chi connectivity index (χ3v) is 1.82. The topological polar surface area (TPSA) is 28.7 Å². The fourth-order valence-electron chi connectivity index (χ4n) is 0.694. The molecule has 2 nitrogen and oxygen atoms in total. The summed E-state index contributed by atoms with van der Waals surface area (Å²) in [6, 6.07) is 6.04. The van der Waals surface area contributed by atoms with E-state index in [4.69, 9.17) is 0 Å². The number of hydrogen-bond donors (Lipinski definition) is 1. The van der Waals surface area contributed by atoms with Gasteiger partial charge in [0, 0.05) is 0 Å². The van der Waals surface area contributed by atoms with Gasteiger partial charge >= 0.3 is 0 Å². The van der Waals surface area contributed by atoms with E-state index in [0.717, 1.165) is 5.69 Å². The zero-order chi connectivity index (χ0) is 5.40. The molecule has 1 aliphatic heterocycles. The molecule has 0 bridgehead atoms. The molecule has 8 heavy (non-hydrogen) atoms. The third kappa shape index (κ3) is 0.391. The molecule has 1 N–H and O–H groups in total. The molecule has 0 fully saturated rings. The van der Waals surface area contributed by atoms with Crippen molar-refractivity contribution in [1.29, 1.82) is 0 Å². The largest absolute Gasteiger partial charge is 0.231 e. The van der Waals surface area contributed by atoms with Gasteiger partial charge in [0.25, 0.3) is 0 Å². The number of rotatable bonds is 0. The van der Waals surface area contributed by atoms with E-state index in [1.807, 2.05) is 18.2 Å². The van der Waals surface area contributed by atoms with Gasteiger partial charge in [-0.25, -0.2) is 4.49 Å². The zero-order valence-corrected chi connectivity index (χ0v) is 4.90. The SMILES string of the molecule is c1cc2n[nH]sc-2c1. The Morgan fingerprint density at radius 2 is 2.50 bits per heavy atom. The fourth-order valence-corrected chi connectivity index (χ4v) is 1.30. The normalized spacial score (nSPS) is 10.5. The van der Waals surface area contributed by atoms with Gasteiger partial charge in [0.1, 0.15) is 5.69 Å². The lowest BCUT2D eigenvalue weighted by Gasteiger charge is -1.72. The summed E-state index contributed by atoms with van der Waals surface area (Å²) in [5, 5.41) is 3.97. The van der Waals surface area contributed by atoms with Crippen molar-refractivity contribution < 1.29 is 0 Å². The zero-order valence-electron chi connectivity index (χ0n) is 4.09. The van der Waals surface area contributed by atoms with E-state index in [1.165, 1.54) is 4.88 Å². The van der Waals surface area contributed by atoms with Crippen LogP contribution < -0.4 is 0 Å². The molecule has 0 aromatic heterocycles. The minimum absolute atomic E-state index is 1.06. The number of H-pyrrole nitrogens is 1. The molecular formula is C5H4N2S. The second-order valence-corrected chi connectivity index (χ2v) is 2.41. The van der Waals surface area contributed by atoms with Crippen LogP contribution in [0.3, 0.4) is 0 Å². The Morgan fingerprint density at radius 1 is 1.50 bits per heavy atom. The van der Waals surface area contributed by atoms with E-state index in [1.54, 1.807) is 11.5 Å². The van der Waals surface area contributed by atoms with Gasteiger partial charge in [0.05, 0.1) is 4.88 Å². The highest BCUT2D eigenvalue weighted by molar-refractivity contribution is 7.09. The summed E-state index contributed by atoms with van der Waals surface area (Å²) in [6.45, 7) is 0. The van der Waals surface area contributed by atoms with Crippen LogP contribution in [0.2, 0.25) is 0 Å². The summed E-state index contributed by atoms with van der Waals surface area (Å²) in [7, 11) is 0.